The molecule has 2 rings (SSSR count). The van der Waals surface area contributed by atoms with Gasteiger partial charge in [-0.2, -0.15) is 0 Å². The Morgan fingerprint density at radius 1 is 1.44 bits per heavy atom. The summed E-state index contributed by atoms with van der Waals surface area (Å²) in [4.78, 5) is 15.8. The quantitative estimate of drug-likeness (QED) is 0.815. The fourth-order valence-electron chi connectivity index (χ4n) is 1.85. The van der Waals surface area contributed by atoms with E-state index in [1.807, 2.05) is 0 Å². The maximum absolute atomic E-state index is 13.7. The van der Waals surface area contributed by atoms with E-state index in [0.717, 1.165) is 0 Å². The van der Waals surface area contributed by atoms with Crippen LogP contribution in [-0.2, 0) is 10.3 Å². The van der Waals surface area contributed by atoms with E-state index >= 15 is 0 Å². The van der Waals surface area contributed by atoms with Crippen LogP contribution in [0.3, 0.4) is 0 Å². The average molecular weight is 251 g/mol. The summed E-state index contributed by atoms with van der Waals surface area (Å²) in [6, 6.07) is 4.42. The molecule has 0 aliphatic carbocycles. The molecule has 0 spiro atoms. The Balaban J connectivity index is 2.42. The number of halogens is 1. The third kappa shape index (κ3) is 1.79. The number of hydrogen-bond donors (Lipinski definition) is 2. The van der Waals surface area contributed by atoms with Crippen LogP contribution in [-0.4, -0.2) is 26.0 Å². The van der Waals surface area contributed by atoms with Gasteiger partial charge in [-0.15, -0.1) is 0 Å². The van der Waals surface area contributed by atoms with E-state index in [2.05, 4.69) is 15.6 Å². The topological polar surface area (TPSA) is 62.7 Å². The highest BCUT2D eigenvalue weighted by Crippen LogP contribution is 2.28. The highest BCUT2D eigenvalue weighted by atomic mass is 19.1. The monoisotopic (exact) mass is 251 g/mol. The smallest absolute Gasteiger partial charge is 0.256 e. The van der Waals surface area contributed by atoms with Crippen molar-refractivity contribution in [1.82, 2.24) is 10.6 Å². The molecule has 0 aromatic heterocycles. The summed E-state index contributed by atoms with van der Waals surface area (Å²) < 4.78 is 18.5. The van der Waals surface area contributed by atoms with Gasteiger partial charge in [-0.1, -0.05) is 6.07 Å². The number of carbonyl (C=O) groups is 1. The lowest BCUT2D eigenvalue weighted by molar-refractivity contribution is -0.123. The number of carbonyl (C=O) groups excluding carboxylic acids is 1. The Bertz CT molecular complexity index is 530. The van der Waals surface area contributed by atoms with E-state index in [4.69, 9.17) is 4.74 Å². The van der Waals surface area contributed by atoms with E-state index in [1.165, 1.54) is 19.2 Å². The van der Waals surface area contributed by atoms with Crippen LogP contribution >= 0.6 is 0 Å². The Morgan fingerprint density at radius 2 is 2.17 bits per heavy atom. The summed E-state index contributed by atoms with van der Waals surface area (Å²) in [6.45, 7) is 1.67. The summed E-state index contributed by atoms with van der Waals surface area (Å²) in [5.74, 6) is -0.260. The molecule has 0 radical (unpaired) electrons. The molecule has 1 saturated heterocycles. The van der Waals surface area contributed by atoms with Crippen LogP contribution in [0, 0.1) is 5.82 Å². The van der Waals surface area contributed by atoms with Gasteiger partial charge in [0.2, 0.25) is 0 Å². The van der Waals surface area contributed by atoms with Crippen LogP contribution < -0.4 is 15.4 Å². The summed E-state index contributed by atoms with van der Waals surface area (Å²) in [5, 5.41) is 5.52. The number of benzene rings is 1. The minimum absolute atomic E-state index is 0.144. The highest BCUT2D eigenvalue weighted by molar-refractivity contribution is 6.09. The minimum Gasteiger partial charge on any atom is -0.494 e. The molecule has 2 N–H and O–H groups in total. The molecule has 1 aromatic rings. The molecule has 6 heteroatoms. The fraction of sp³-hybridized carbons (Fsp3) is 0.333. The number of hydrogen-bond acceptors (Lipinski definition) is 3. The molecule has 18 heavy (non-hydrogen) atoms. The van der Waals surface area contributed by atoms with Crippen molar-refractivity contribution in [3.05, 3.63) is 29.6 Å². The SMILES string of the molecule is CN=C1NC(=O)C(C)(c2ccc(OC)c(F)c2)N1. The Kier molecular flexibility index (Phi) is 2.94. The molecule has 5 nitrogen and oxygen atoms in total. The molecule has 1 unspecified atom stereocenters. The van der Waals surface area contributed by atoms with Crippen LogP contribution in [0.4, 0.5) is 4.39 Å². The standard InChI is InChI=1S/C12H14FN3O2/c1-12(10(17)15-11(14-2)16-12)7-4-5-9(18-3)8(13)6-7/h4-6H,1-3H3,(H2,14,15,16,17). The van der Waals surface area contributed by atoms with Crippen molar-refractivity contribution in [3.8, 4) is 5.75 Å². The van der Waals surface area contributed by atoms with Crippen molar-refractivity contribution in [2.24, 2.45) is 4.99 Å². The van der Waals surface area contributed by atoms with Gasteiger partial charge in [-0.3, -0.25) is 15.1 Å². The lowest BCUT2D eigenvalue weighted by Gasteiger charge is -2.22. The fourth-order valence-corrected chi connectivity index (χ4v) is 1.85. The highest BCUT2D eigenvalue weighted by Gasteiger charge is 2.42. The van der Waals surface area contributed by atoms with Gasteiger partial charge in [0.1, 0.15) is 5.54 Å². The van der Waals surface area contributed by atoms with Crippen molar-refractivity contribution in [2.45, 2.75) is 12.5 Å². The van der Waals surface area contributed by atoms with Crippen molar-refractivity contribution in [2.75, 3.05) is 14.2 Å². The zero-order valence-electron chi connectivity index (χ0n) is 10.4. The second-order valence-electron chi connectivity index (χ2n) is 4.13. The van der Waals surface area contributed by atoms with Crippen LogP contribution in [0.5, 0.6) is 5.75 Å². The van der Waals surface area contributed by atoms with E-state index in [-0.39, 0.29) is 11.7 Å². The summed E-state index contributed by atoms with van der Waals surface area (Å²) >= 11 is 0. The predicted molar refractivity (Wildman–Crippen MR) is 64.9 cm³/mol. The molecule has 1 atom stereocenters. The first-order chi connectivity index (χ1) is 8.51. The molecular formula is C12H14FN3O2. The Morgan fingerprint density at radius 3 is 2.67 bits per heavy atom. The maximum Gasteiger partial charge on any atom is 0.256 e. The molecule has 0 bridgehead atoms. The zero-order valence-corrected chi connectivity index (χ0v) is 10.4. The zero-order chi connectivity index (χ0) is 13.3. The molecule has 1 heterocycles. The van der Waals surface area contributed by atoms with Crippen molar-refractivity contribution in [1.29, 1.82) is 0 Å². The van der Waals surface area contributed by atoms with Crippen molar-refractivity contribution < 1.29 is 13.9 Å². The van der Waals surface area contributed by atoms with Gasteiger partial charge >= 0.3 is 0 Å². The number of guanidine groups is 1. The second-order valence-corrected chi connectivity index (χ2v) is 4.13. The van der Waals surface area contributed by atoms with Gasteiger partial charge in [-0.05, 0) is 24.6 Å². The molecule has 96 valence electrons. The number of amides is 1. The second kappa shape index (κ2) is 4.29. The van der Waals surface area contributed by atoms with Crippen molar-refractivity contribution >= 4 is 11.9 Å². The lowest BCUT2D eigenvalue weighted by Crippen LogP contribution is -2.40. The summed E-state index contributed by atoms with van der Waals surface area (Å²) in [7, 11) is 2.95. The molecule has 1 aromatic carbocycles. The van der Waals surface area contributed by atoms with Gasteiger partial charge in [0.25, 0.3) is 5.91 Å². The molecule has 1 aliphatic heterocycles. The Hall–Kier alpha value is -2.11. The van der Waals surface area contributed by atoms with Crippen LogP contribution in [0.25, 0.3) is 0 Å². The molecule has 1 amide bonds. The average Bonchev–Trinajstić information content (AvgIpc) is 2.66. The third-order valence-electron chi connectivity index (χ3n) is 3.01. The predicted octanol–water partition coefficient (Wildman–Crippen LogP) is 0.755. The normalized spacial score (nSPS) is 24.9. The van der Waals surface area contributed by atoms with Gasteiger partial charge in [0.05, 0.1) is 7.11 Å². The van der Waals surface area contributed by atoms with Gasteiger partial charge in [-0.25, -0.2) is 4.39 Å². The largest absolute Gasteiger partial charge is 0.494 e. The number of ether oxygens (including phenoxy) is 1. The molecule has 1 fully saturated rings. The first-order valence-corrected chi connectivity index (χ1v) is 5.41. The number of aliphatic imine (C=N–C) groups is 1. The maximum atomic E-state index is 13.7. The van der Waals surface area contributed by atoms with E-state index in [1.54, 1.807) is 20.0 Å². The van der Waals surface area contributed by atoms with Crippen LogP contribution in [0.15, 0.2) is 23.2 Å². The number of nitrogens with one attached hydrogen (secondary N) is 2. The first kappa shape index (κ1) is 12.3. The van der Waals surface area contributed by atoms with Gasteiger partial charge in [0.15, 0.2) is 17.5 Å². The first-order valence-electron chi connectivity index (χ1n) is 5.41. The van der Waals surface area contributed by atoms with E-state index in [9.17, 15) is 9.18 Å². The minimum atomic E-state index is -1.03. The lowest BCUT2D eigenvalue weighted by atomic mass is 9.92. The Labute approximate surface area is 104 Å². The third-order valence-corrected chi connectivity index (χ3v) is 3.01. The van der Waals surface area contributed by atoms with E-state index in [0.29, 0.717) is 11.5 Å². The van der Waals surface area contributed by atoms with Crippen LogP contribution in [0.1, 0.15) is 12.5 Å². The van der Waals surface area contributed by atoms with Gasteiger partial charge in [0, 0.05) is 7.05 Å². The van der Waals surface area contributed by atoms with Gasteiger partial charge < -0.3 is 10.1 Å². The number of methoxy groups -OCH3 is 1. The van der Waals surface area contributed by atoms with Crippen molar-refractivity contribution in [3.63, 3.8) is 0 Å². The number of nitrogens with zero attached hydrogens (tertiary/aromatic N) is 1. The molecule has 0 saturated carbocycles. The van der Waals surface area contributed by atoms with Crippen LogP contribution in [0.2, 0.25) is 0 Å². The number of rotatable bonds is 2. The molecule has 1 aliphatic rings. The van der Waals surface area contributed by atoms with E-state index < -0.39 is 11.4 Å². The molecular weight excluding hydrogens is 237 g/mol. The summed E-state index contributed by atoms with van der Waals surface area (Å²) in [5.41, 5.74) is -0.515. The summed E-state index contributed by atoms with van der Waals surface area (Å²) in [6.07, 6.45) is 0.